The smallest absolute Gasteiger partial charge is 0.0463 e. The molecule has 0 bridgehead atoms. The molecule has 2 rings (SSSR count). The van der Waals surface area contributed by atoms with Crippen LogP contribution in [0.25, 0.3) is 0 Å². The van der Waals surface area contributed by atoms with E-state index in [4.69, 9.17) is 23.2 Å². The zero-order valence-corrected chi connectivity index (χ0v) is 10.1. The molecule has 1 unspecified atom stereocenters. The lowest BCUT2D eigenvalue weighted by Crippen LogP contribution is -2.35. The van der Waals surface area contributed by atoms with Gasteiger partial charge in [0.25, 0.3) is 0 Å². The second-order valence-corrected chi connectivity index (χ2v) is 5.15. The van der Waals surface area contributed by atoms with Crippen molar-refractivity contribution in [2.45, 2.75) is 24.8 Å². The summed E-state index contributed by atoms with van der Waals surface area (Å²) in [5.74, 6) is 0. The Kier molecular flexibility index (Phi) is 3.90. The van der Waals surface area contributed by atoms with Crippen molar-refractivity contribution in [2.24, 2.45) is 0 Å². The largest absolute Gasteiger partial charge is 0.298 e. The fourth-order valence-corrected chi connectivity index (χ4v) is 2.47. The summed E-state index contributed by atoms with van der Waals surface area (Å²) in [4.78, 5) is 2.41. The molecular formula is C12H15Cl2N. The summed E-state index contributed by atoms with van der Waals surface area (Å²) in [6.07, 6.45) is 2.36. The lowest BCUT2D eigenvalue weighted by molar-refractivity contribution is 0.224. The van der Waals surface area contributed by atoms with Crippen molar-refractivity contribution in [1.82, 2.24) is 4.90 Å². The third-order valence-electron chi connectivity index (χ3n) is 2.77. The maximum atomic E-state index is 6.14. The maximum Gasteiger partial charge on any atom is 0.0463 e. The lowest BCUT2D eigenvalue weighted by atomic mass is 10.1. The van der Waals surface area contributed by atoms with Crippen molar-refractivity contribution in [3.05, 3.63) is 34.9 Å². The van der Waals surface area contributed by atoms with Crippen molar-refractivity contribution in [2.75, 3.05) is 13.1 Å². The van der Waals surface area contributed by atoms with Crippen molar-refractivity contribution in [3.63, 3.8) is 0 Å². The van der Waals surface area contributed by atoms with E-state index in [1.807, 2.05) is 12.1 Å². The van der Waals surface area contributed by atoms with Gasteiger partial charge in [0.2, 0.25) is 0 Å². The Labute approximate surface area is 101 Å². The zero-order valence-electron chi connectivity index (χ0n) is 8.63. The van der Waals surface area contributed by atoms with Gasteiger partial charge in [-0.15, -0.1) is 11.6 Å². The molecule has 1 heterocycles. The highest BCUT2D eigenvalue weighted by Crippen LogP contribution is 2.18. The SMILES string of the molecule is Clc1ccc(CN2CCCC(Cl)C2)cc1. The summed E-state index contributed by atoms with van der Waals surface area (Å²) in [5.41, 5.74) is 1.31. The molecule has 0 radical (unpaired) electrons. The molecule has 1 fully saturated rings. The van der Waals surface area contributed by atoms with Gasteiger partial charge in [-0.25, -0.2) is 0 Å². The summed E-state index contributed by atoms with van der Waals surface area (Å²) < 4.78 is 0. The lowest BCUT2D eigenvalue weighted by Gasteiger charge is -2.29. The molecule has 0 aliphatic carbocycles. The van der Waals surface area contributed by atoms with Gasteiger partial charge in [0, 0.05) is 23.5 Å². The molecule has 0 saturated carbocycles. The van der Waals surface area contributed by atoms with Gasteiger partial charge in [0.05, 0.1) is 0 Å². The van der Waals surface area contributed by atoms with Crippen molar-refractivity contribution in [1.29, 1.82) is 0 Å². The van der Waals surface area contributed by atoms with E-state index in [-0.39, 0.29) is 0 Å². The van der Waals surface area contributed by atoms with E-state index in [1.54, 1.807) is 0 Å². The minimum Gasteiger partial charge on any atom is -0.298 e. The molecule has 15 heavy (non-hydrogen) atoms. The van der Waals surface area contributed by atoms with Gasteiger partial charge in [0.15, 0.2) is 0 Å². The zero-order chi connectivity index (χ0) is 10.7. The normalized spacial score (nSPS) is 22.9. The first-order chi connectivity index (χ1) is 7.24. The molecule has 1 aromatic carbocycles. The van der Waals surface area contributed by atoms with Crippen LogP contribution in [0.15, 0.2) is 24.3 Å². The third-order valence-corrected chi connectivity index (χ3v) is 3.38. The summed E-state index contributed by atoms with van der Waals surface area (Å²) >= 11 is 12.0. The van der Waals surface area contributed by atoms with Crippen LogP contribution >= 0.6 is 23.2 Å². The molecule has 1 nitrogen and oxygen atoms in total. The maximum absolute atomic E-state index is 6.14. The molecule has 0 N–H and O–H groups in total. The standard InChI is InChI=1S/C12H15Cl2N/c13-11-5-3-10(4-6-11)8-15-7-1-2-12(14)9-15/h3-6,12H,1-2,7-9H2. The van der Waals surface area contributed by atoms with Crippen molar-refractivity contribution in [3.8, 4) is 0 Å². The Morgan fingerprint density at radius 1 is 1.27 bits per heavy atom. The highest BCUT2D eigenvalue weighted by Gasteiger charge is 2.17. The fourth-order valence-electron chi connectivity index (χ4n) is 1.99. The van der Waals surface area contributed by atoms with Gasteiger partial charge < -0.3 is 0 Å². The quantitative estimate of drug-likeness (QED) is 0.719. The van der Waals surface area contributed by atoms with E-state index in [1.165, 1.54) is 12.0 Å². The summed E-state index contributed by atoms with van der Waals surface area (Å²) in [5, 5.41) is 1.12. The number of nitrogens with zero attached hydrogens (tertiary/aromatic N) is 1. The van der Waals surface area contributed by atoms with E-state index in [2.05, 4.69) is 17.0 Å². The minimum atomic E-state index is 0.325. The van der Waals surface area contributed by atoms with E-state index in [0.29, 0.717) is 5.38 Å². The van der Waals surface area contributed by atoms with Crippen LogP contribution in [0.2, 0.25) is 5.02 Å². The van der Waals surface area contributed by atoms with E-state index >= 15 is 0 Å². The van der Waals surface area contributed by atoms with Crippen LogP contribution in [0, 0.1) is 0 Å². The Bertz CT molecular complexity index is 310. The van der Waals surface area contributed by atoms with Crippen LogP contribution in [0.1, 0.15) is 18.4 Å². The summed E-state index contributed by atoms with van der Waals surface area (Å²) in [7, 11) is 0. The first kappa shape index (κ1) is 11.3. The topological polar surface area (TPSA) is 3.24 Å². The first-order valence-corrected chi connectivity index (χ1v) is 6.16. The highest BCUT2D eigenvalue weighted by molar-refractivity contribution is 6.30. The van der Waals surface area contributed by atoms with Crippen molar-refractivity contribution >= 4 is 23.2 Å². The summed E-state index contributed by atoms with van der Waals surface area (Å²) in [6.45, 7) is 3.15. The number of alkyl halides is 1. The minimum absolute atomic E-state index is 0.325. The van der Waals surface area contributed by atoms with Gasteiger partial charge in [-0.2, -0.15) is 0 Å². The molecule has 1 atom stereocenters. The van der Waals surface area contributed by atoms with Gasteiger partial charge in [-0.1, -0.05) is 23.7 Å². The molecular weight excluding hydrogens is 229 g/mol. The highest BCUT2D eigenvalue weighted by atomic mass is 35.5. The number of piperidine rings is 1. The van der Waals surface area contributed by atoms with E-state index < -0.39 is 0 Å². The number of hydrogen-bond donors (Lipinski definition) is 0. The molecule has 3 heteroatoms. The van der Waals surface area contributed by atoms with Gasteiger partial charge in [-0.05, 0) is 37.1 Å². The number of likely N-dealkylation sites (tertiary alicyclic amines) is 1. The van der Waals surface area contributed by atoms with Crippen LogP contribution in [0.5, 0.6) is 0 Å². The van der Waals surface area contributed by atoms with E-state index in [0.717, 1.165) is 31.1 Å². The second kappa shape index (κ2) is 5.20. The average Bonchev–Trinajstić information content (AvgIpc) is 2.22. The van der Waals surface area contributed by atoms with Gasteiger partial charge in [0.1, 0.15) is 0 Å². The predicted molar refractivity (Wildman–Crippen MR) is 65.6 cm³/mol. The van der Waals surface area contributed by atoms with Crippen LogP contribution in [-0.2, 0) is 6.54 Å². The van der Waals surface area contributed by atoms with Crippen LogP contribution in [0.3, 0.4) is 0 Å². The van der Waals surface area contributed by atoms with Crippen LogP contribution in [0.4, 0.5) is 0 Å². The fraction of sp³-hybridized carbons (Fsp3) is 0.500. The monoisotopic (exact) mass is 243 g/mol. The predicted octanol–water partition coefficient (Wildman–Crippen LogP) is 3.54. The third kappa shape index (κ3) is 3.37. The van der Waals surface area contributed by atoms with Crippen LogP contribution < -0.4 is 0 Å². The number of rotatable bonds is 2. The first-order valence-electron chi connectivity index (χ1n) is 5.35. The number of halogens is 2. The number of benzene rings is 1. The van der Waals surface area contributed by atoms with Gasteiger partial charge in [-0.3, -0.25) is 4.90 Å². The Morgan fingerprint density at radius 2 is 2.00 bits per heavy atom. The molecule has 1 aliphatic rings. The molecule has 0 spiro atoms. The van der Waals surface area contributed by atoms with Crippen LogP contribution in [-0.4, -0.2) is 23.4 Å². The Hall–Kier alpha value is -0.240. The van der Waals surface area contributed by atoms with Gasteiger partial charge >= 0.3 is 0 Å². The number of hydrogen-bond acceptors (Lipinski definition) is 1. The Morgan fingerprint density at radius 3 is 2.67 bits per heavy atom. The second-order valence-electron chi connectivity index (χ2n) is 4.10. The van der Waals surface area contributed by atoms with E-state index in [9.17, 15) is 0 Å². The molecule has 0 aromatic heterocycles. The van der Waals surface area contributed by atoms with Crippen molar-refractivity contribution < 1.29 is 0 Å². The molecule has 1 aromatic rings. The summed E-state index contributed by atoms with van der Waals surface area (Å²) in [6, 6.07) is 8.05. The Balaban J connectivity index is 1.93. The molecule has 0 amide bonds. The molecule has 1 saturated heterocycles. The molecule has 1 aliphatic heterocycles. The molecule has 82 valence electrons. The average molecular weight is 244 g/mol.